The number of halogens is 1. The Morgan fingerprint density at radius 2 is 2.30 bits per heavy atom. The summed E-state index contributed by atoms with van der Waals surface area (Å²) in [5.74, 6) is 0.970. The highest BCUT2D eigenvalue weighted by Gasteiger charge is 2.11. The summed E-state index contributed by atoms with van der Waals surface area (Å²) in [6.07, 6.45) is 2.80. The summed E-state index contributed by atoms with van der Waals surface area (Å²) < 4.78 is 6.95. The summed E-state index contributed by atoms with van der Waals surface area (Å²) in [7, 11) is 0. The van der Waals surface area contributed by atoms with E-state index in [2.05, 4.69) is 45.3 Å². The molecule has 2 aromatic heterocycles. The highest BCUT2D eigenvalue weighted by Crippen LogP contribution is 2.26. The zero-order valence-electron chi connectivity index (χ0n) is 11.1. The average Bonchev–Trinajstić information content (AvgIpc) is 3.06. The molecule has 0 spiro atoms. The molecule has 5 heteroatoms. The SMILES string of the molecule is CC(NCCc1nccs1)c1cc2cc(Br)ccc2o1. The van der Waals surface area contributed by atoms with E-state index in [9.17, 15) is 0 Å². The Morgan fingerprint density at radius 3 is 3.10 bits per heavy atom. The molecule has 20 heavy (non-hydrogen) atoms. The molecular formula is C15H15BrN2OS. The zero-order valence-corrected chi connectivity index (χ0v) is 13.5. The first-order valence-corrected chi connectivity index (χ1v) is 8.20. The van der Waals surface area contributed by atoms with E-state index in [1.54, 1.807) is 11.3 Å². The predicted octanol–water partition coefficient (Wildman–Crippen LogP) is 4.55. The van der Waals surface area contributed by atoms with Gasteiger partial charge in [0.2, 0.25) is 0 Å². The fourth-order valence-corrected chi connectivity index (χ4v) is 3.12. The summed E-state index contributed by atoms with van der Waals surface area (Å²) in [5.41, 5.74) is 0.928. The molecule has 3 aromatic rings. The van der Waals surface area contributed by atoms with Crippen LogP contribution >= 0.6 is 27.3 Å². The molecule has 0 saturated carbocycles. The second-order valence-corrected chi connectivity index (χ2v) is 6.58. The van der Waals surface area contributed by atoms with Crippen molar-refractivity contribution >= 4 is 38.2 Å². The maximum absolute atomic E-state index is 5.88. The zero-order chi connectivity index (χ0) is 13.9. The molecule has 1 aromatic carbocycles. The monoisotopic (exact) mass is 350 g/mol. The fourth-order valence-electron chi connectivity index (χ4n) is 2.12. The van der Waals surface area contributed by atoms with E-state index in [1.807, 2.05) is 23.7 Å². The van der Waals surface area contributed by atoms with Crippen molar-refractivity contribution in [1.29, 1.82) is 0 Å². The number of hydrogen-bond acceptors (Lipinski definition) is 4. The minimum atomic E-state index is 0.195. The number of nitrogens with one attached hydrogen (secondary N) is 1. The third-order valence-corrected chi connectivity index (χ3v) is 4.53. The van der Waals surface area contributed by atoms with Crippen LogP contribution in [0.25, 0.3) is 11.0 Å². The van der Waals surface area contributed by atoms with Crippen molar-refractivity contribution in [2.24, 2.45) is 0 Å². The molecule has 0 aliphatic carbocycles. The Balaban J connectivity index is 1.64. The molecule has 0 fully saturated rings. The first-order valence-electron chi connectivity index (χ1n) is 6.53. The van der Waals surface area contributed by atoms with Gasteiger partial charge in [0.1, 0.15) is 11.3 Å². The molecule has 3 nitrogen and oxygen atoms in total. The summed E-state index contributed by atoms with van der Waals surface area (Å²) in [5, 5.41) is 7.78. The van der Waals surface area contributed by atoms with E-state index in [0.29, 0.717) is 0 Å². The van der Waals surface area contributed by atoms with Crippen molar-refractivity contribution in [2.45, 2.75) is 19.4 Å². The van der Waals surface area contributed by atoms with Gasteiger partial charge < -0.3 is 9.73 Å². The van der Waals surface area contributed by atoms with Crippen molar-refractivity contribution < 1.29 is 4.42 Å². The number of nitrogens with zero attached hydrogens (tertiary/aromatic N) is 1. The van der Waals surface area contributed by atoms with E-state index in [0.717, 1.165) is 34.2 Å². The van der Waals surface area contributed by atoms with Crippen LogP contribution in [0.3, 0.4) is 0 Å². The van der Waals surface area contributed by atoms with Gasteiger partial charge >= 0.3 is 0 Å². The molecule has 1 unspecified atom stereocenters. The lowest BCUT2D eigenvalue weighted by Gasteiger charge is -2.09. The van der Waals surface area contributed by atoms with Crippen LogP contribution in [0.1, 0.15) is 23.7 Å². The molecule has 104 valence electrons. The van der Waals surface area contributed by atoms with E-state index in [4.69, 9.17) is 4.42 Å². The summed E-state index contributed by atoms with van der Waals surface area (Å²) >= 11 is 5.18. The molecule has 1 N–H and O–H groups in total. The Bertz CT molecular complexity index is 693. The number of hydrogen-bond donors (Lipinski definition) is 1. The molecule has 2 heterocycles. The van der Waals surface area contributed by atoms with Crippen LogP contribution in [0.15, 0.2) is 44.7 Å². The van der Waals surface area contributed by atoms with Gasteiger partial charge in [0.05, 0.1) is 11.0 Å². The molecule has 0 radical (unpaired) electrons. The molecule has 0 saturated heterocycles. The van der Waals surface area contributed by atoms with Crippen LogP contribution in [-0.2, 0) is 6.42 Å². The number of rotatable bonds is 5. The van der Waals surface area contributed by atoms with Crippen molar-refractivity contribution in [2.75, 3.05) is 6.54 Å². The molecule has 1 atom stereocenters. The maximum atomic E-state index is 5.88. The van der Waals surface area contributed by atoms with Gasteiger partial charge in [0, 0.05) is 34.4 Å². The van der Waals surface area contributed by atoms with Gasteiger partial charge in [0.15, 0.2) is 0 Å². The van der Waals surface area contributed by atoms with Crippen molar-refractivity contribution in [3.05, 3.63) is 51.1 Å². The molecule has 0 aliphatic heterocycles. The lowest BCUT2D eigenvalue weighted by atomic mass is 10.2. The third kappa shape index (κ3) is 3.11. The second kappa shape index (κ2) is 6.08. The Labute approximate surface area is 130 Å². The van der Waals surface area contributed by atoms with Gasteiger partial charge in [-0.2, -0.15) is 0 Å². The lowest BCUT2D eigenvalue weighted by Crippen LogP contribution is -2.20. The largest absolute Gasteiger partial charge is 0.459 e. The van der Waals surface area contributed by atoms with Crippen LogP contribution in [0.4, 0.5) is 0 Å². The highest BCUT2D eigenvalue weighted by molar-refractivity contribution is 9.10. The van der Waals surface area contributed by atoms with Gasteiger partial charge in [-0.05, 0) is 31.2 Å². The quantitative estimate of drug-likeness (QED) is 0.733. The van der Waals surface area contributed by atoms with E-state index >= 15 is 0 Å². The van der Waals surface area contributed by atoms with Crippen LogP contribution in [-0.4, -0.2) is 11.5 Å². The third-order valence-electron chi connectivity index (χ3n) is 3.20. The van der Waals surface area contributed by atoms with E-state index < -0.39 is 0 Å². The van der Waals surface area contributed by atoms with E-state index in [1.165, 1.54) is 5.01 Å². The van der Waals surface area contributed by atoms with Gasteiger partial charge in [-0.3, -0.25) is 0 Å². The minimum absolute atomic E-state index is 0.195. The normalized spacial score (nSPS) is 12.9. The van der Waals surface area contributed by atoms with Gasteiger partial charge in [-0.15, -0.1) is 11.3 Å². The van der Waals surface area contributed by atoms with Crippen LogP contribution < -0.4 is 5.32 Å². The first-order chi connectivity index (χ1) is 9.72. The molecular weight excluding hydrogens is 336 g/mol. The highest BCUT2D eigenvalue weighted by atomic mass is 79.9. The number of aromatic nitrogens is 1. The molecule has 0 bridgehead atoms. The summed E-state index contributed by atoms with van der Waals surface area (Å²) in [6.45, 7) is 3.02. The smallest absolute Gasteiger partial charge is 0.134 e. The van der Waals surface area contributed by atoms with Crippen molar-refractivity contribution in [3.8, 4) is 0 Å². The maximum Gasteiger partial charge on any atom is 0.134 e. The van der Waals surface area contributed by atoms with Crippen molar-refractivity contribution in [3.63, 3.8) is 0 Å². The van der Waals surface area contributed by atoms with Crippen molar-refractivity contribution in [1.82, 2.24) is 10.3 Å². The first kappa shape index (κ1) is 13.8. The summed E-state index contributed by atoms with van der Waals surface area (Å²) in [4.78, 5) is 4.28. The Hall–Kier alpha value is -1.17. The average molecular weight is 351 g/mol. The number of thiazole rings is 1. The minimum Gasteiger partial charge on any atom is -0.459 e. The standard InChI is InChI=1S/C15H15BrN2OS/c1-10(17-5-4-15-18-6-7-20-15)14-9-11-8-12(16)2-3-13(11)19-14/h2-3,6-10,17H,4-5H2,1H3. The van der Waals surface area contributed by atoms with E-state index in [-0.39, 0.29) is 6.04 Å². The number of furan rings is 1. The lowest BCUT2D eigenvalue weighted by molar-refractivity contribution is 0.453. The molecule has 0 aliphatic rings. The fraction of sp³-hybridized carbons (Fsp3) is 0.267. The molecule has 0 amide bonds. The van der Waals surface area contributed by atoms with Crippen LogP contribution in [0, 0.1) is 0 Å². The van der Waals surface area contributed by atoms with Gasteiger partial charge in [-0.25, -0.2) is 4.98 Å². The summed E-state index contributed by atoms with van der Waals surface area (Å²) in [6, 6.07) is 8.36. The van der Waals surface area contributed by atoms with Crippen LogP contribution in [0.5, 0.6) is 0 Å². The Morgan fingerprint density at radius 1 is 1.40 bits per heavy atom. The number of fused-ring (bicyclic) bond motifs is 1. The van der Waals surface area contributed by atoms with Gasteiger partial charge in [-0.1, -0.05) is 15.9 Å². The topological polar surface area (TPSA) is 38.1 Å². The van der Waals surface area contributed by atoms with Crippen LogP contribution in [0.2, 0.25) is 0 Å². The predicted molar refractivity (Wildman–Crippen MR) is 86.1 cm³/mol. The number of benzene rings is 1. The Kier molecular flexibility index (Phi) is 4.19. The van der Waals surface area contributed by atoms with Gasteiger partial charge in [0.25, 0.3) is 0 Å². The molecule has 3 rings (SSSR count). The second-order valence-electron chi connectivity index (χ2n) is 4.68.